The smallest absolute Gasteiger partial charge is 0.308 e. The topological polar surface area (TPSA) is 93.0 Å². The summed E-state index contributed by atoms with van der Waals surface area (Å²) in [5, 5.41) is 19.3. The Morgan fingerprint density at radius 2 is 2.17 bits per heavy atom. The number of nitro groups is 1. The molecule has 0 aliphatic rings. The number of benzene rings is 1. The highest BCUT2D eigenvalue weighted by atomic mass is 19.1. The van der Waals surface area contributed by atoms with E-state index < -0.39 is 27.8 Å². The van der Waals surface area contributed by atoms with Gasteiger partial charge in [-0.1, -0.05) is 6.92 Å². The van der Waals surface area contributed by atoms with Crippen LogP contribution in [0.1, 0.15) is 18.9 Å². The van der Waals surface area contributed by atoms with E-state index in [9.17, 15) is 18.9 Å². The van der Waals surface area contributed by atoms with E-state index in [1.807, 2.05) is 0 Å². The van der Waals surface area contributed by atoms with Gasteiger partial charge in [0.1, 0.15) is 5.82 Å². The second-order valence-corrected chi connectivity index (χ2v) is 3.40. The molecule has 0 fully saturated rings. The minimum atomic E-state index is -1.25. The minimum absolute atomic E-state index is 0.0359. The molecule has 94 valence electrons. The highest BCUT2D eigenvalue weighted by molar-refractivity contribution is 5.71. The average molecular weight is 253 g/mol. The van der Waals surface area contributed by atoms with E-state index in [4.69, 9.17) is 11.0 Å². The maximum absolute atomic E-state index is 13.8. The number of rotatable bonds is 3. The van der Waals surface area contributed by atoms with Crippen LogP contribution >= 0.6 is 0 Å². The lowest BCUT2D eigenvalue weighted by atomic mass is 10.0. The zero-order chi connectivity index (χ0) is 13.9. The van der Waals surface area contributed by atoms with Crippen molar-refractivity contribution in [2.24, 2.45) is 5.73 Å². The molecule has 0 saturated carbocycles. The molecule has 5 nitrogen and oxygen atoms in total. The minimum Gasteiger partial charge on any atom is -0.397 e. The van der Waals surface area contributed by atoms with Crippen LogP contribution in [0, 0.1) is 33.1 Å². The molecule has 0 radical (unpaired) electrons. The Bertz CT molecular complexity index is 576. The van der Waals surface area contributed by atoms with Crippen LogP contribution in [0.5, 0.6) is 0 Å². The molecular weight excluding hydrogens is 244 g/mol. The van der Waals surface area contributed by atoms with Gasteiger partial charge < -0.3 is 5.73 Å². The van der Waals surface area contributed by atoms with Crippen molar-refractivity contribution in [3.63, 3.8) is 0 Å². The van der Waals surface area contributed by atoms with Gasteiger partial charge in [-0.2, -0.15) is 9.65 Å². The monoisotopic (exact) mass is 253 g/mol. The van der Waals surface area contributed by atoms with E-state index in [1.165, 1.54) is 0 Å². The van der Waals surface area contributed by atoms with Gasteiger partial charge >= 0.3 is 5.69 Å². The Morgan fingerprint density at radius 1 is 1.56 bits per heavy atom. The molecule has 1 rings (SSSR count). The predicted octanol–water partition coefficient (Wildman–Crippen LogP) is 2.48. The molecule has 0 aliphatic carbocycles. The van der Waals surface area contributed by atoms with Crippen molar-refractivity contribution in [3.8, 4) is 6.07 Å². The first-order valence-electron chi connectivity index (χ1n) is 4.94. The molecule has 0 spiro atoms. The van der Waals surface area contributed by atoms with Gasteiger partial charge in [0.05, 0.1) is 28.3 Å². The van der Waals surface area contributed by atoms with E-state index >= 15 is 0 Å². The summed E-state index contributed by atoms with van der Waals surface area (Å²) in [5.74, 6) is -2.24. The van der Waals surface area contributed by atoms with Crippen LogP contribution in [0.3, 0.4) is 0 Å². The van der Waals surface area contributed by atoms with Crippen molar-refractivity contribution >= 4 is 11.4 Å². The summed E-state index contributed by atoms with van der Waals surface area (Å²) in [4.78, 5) is 9.49. The lowest BCUT2D eigenvalue weighted by molar-refractivity contribution is -0.387. The molecule has 0 saturated heterocycles. The predicted molar refractivity (Wildman–Crippen MR) is 60.0 cm³/mol. The zero-order valence-corrected chi connectivity index (χ0v) is 9.41. The Kier molecular flexibility index (Phi) is 3.94. The summed E-state index contributed by atoms with van der Waals surface area (Å²) in [5.41, 5.74) is 3.79. The van der Waals surface area contributed by atoms with Crippen LogP contribution in [0.2, 0.25) is 0 Å². The maximum atomic E-state index is 13.8. The van der Waals surface area contributed by atoms with Gasteiger partial charge in [0, 0.05) is 5.56 Å². The van der Waals surface area contributed by atoms with Crippen LogP contribution in [-0.4, -0.2) is 4.92 Å². The fourth-order valence-electron chi connectivity index (χ4n) is 1.40. The van der Waals surface area contributed by atoms with Gasteiger partial charge in [0.2, 0.25) is 5.82 Å². The third-order valence-electron chi connectivity index (χ3n) is 2.32. The van der Waals surface area contributed by atoms with Crippen molar-refractivity contribution in [2.45, 2.75) is 13.3 Å². The number of hydrogen-bond donors (Lipinski definition) is 1. The highest BCUT2D eigenvalue weighted by Gasteiger charge is 2.22. The van der Waals surface area contributed by atoms with Gasteiger partial charge in [0.25, 0.3) is 0 Å². The highest BCUT2D eigenvalue weighted by Crippen LogP contribution is 2.27. The van der Waals surface area contributed by atoms with Crippen molar-refractivity contribution in [3.05, 3.63) is 45.0 Å². The van der Waals surface area contributed by atoms with E-state index in [0.717, 1.165) is 6.07 Å². The normalized spacial score (nSPS) is 11.7. The van der Waals surface area contributed by atoms with Crippen molar-refractivity contribution < 1.29 is 13.7 Å². The molecule has 0 aliphatic heterocycles. The van der Waals surface area contributed by atoms with Gasteiger partial charge in [0.15, 0.2) is 0 Å². The maximum Gasteiger partial charge on any atom is 0.308 e. The molecule has 0 amide bonds. The molecule has 0 aromatic heterocycles. The molecule has 0 bridgehead atoms. The van der Waals surface area contributed by atoms with E-state index in [1.54, 1.807) is 13.0 Å². The van der Waals surface area contributed by atoms with E-state index in [0.29, 0.717) is 6.07 Å². The molecule has 0 unspecified atom stereocenters. The van der Waals surface area contributed by atoms with Crippen molar-refractivity contribution in [1.29, 1.82) is 5.26 Å². The molecular formula is C11H9F2N3O2. The fraction of sp³-hybridized carbons (Fsp3) is 0.182. The summed E-state index contributed by atoms with van der Waals surface area (Å²) in [6.07, 6.45) is 0.214. The lowest BCUT2D eigenvalue weighted by Crippen LogP contribution is -2.06. The van der Waals surface area contributed by atoms with Crippen molar-refractivity contribution in [1.82, 2.24) is 0 Å². The average Bonchev–Trinajstić information content (AvgIpc) is 2.32. The van der Waals surface area contributed by atoms with Crippen LogP contribution in [0.25, 0.3) is 5.70 Å². The van der Waals surface area contributed by atoms with Crippen LogP contribution in [-0.2, 0) is 0 Å². The molecule has 1 aromatic rings. The summed E-state index contributed by atoms with van der Waals surface area (Å²) >= 11 is 0. The molecule has 7 heteroatoms. The van der Waals surface area contributed by atoms with Gasteiger partial charge in [-0.15, -0.1) is 0 Å². The van der Waals surface area contributed by atoms with E-state index in [-0.39, 0.29) is 17.7 Å². The van der Waals surface area contributed by atoms with Gasteiger partial charge in [-0.3, -0.25) is 10.1 Å². The Hall–Kier alpha value is -2.49. The zero-order valence-electron chi connectivity index (χ0n) is 9.41. The molecule has 1 aromatic carbocycles. The number of allylic oxidation sites excluding steroid dienone is 1. The molecule has 0 heterocycles. The first-order chi connectivity index (χ1) is 8.42. The second kappa shape index (κ2) is 5.23. The SMILES string of the molecule is CC/C(C#N)=C(/N)c1cc(F)cc([N+](=O)[O-])c1F. The summed E-state index contributed by atoms with van der Waals surface area (Å²) in [6.45, 7) is 1.61. The van der Waals surface area contributed by atoms with Gasteiger partial charge in [-0.25, -0.2) is 4.39 Å². The third-order valence-corrected chi connectivity index (χ3v) is 2.32. The van der Waals surface area contributed by atoms with Crippen LogP contribution < -0.4 is 5.73 Å². The molecule has 18 heavy (non-hydrogen) atoms. The first-order valence-corrected chi connectivity index (χ1v) is 4.94. The Balaban J connectivity index is 3.57. The van der Waals surface area contributed by atoms with Crippen LogP contribution in [0.15, 0.2) is 17.7 Å². The summed E-state index contributed by atoms with van der Waals surface area (Å²) in [7, 11) is 0. The van der Waals surface area contributed by atoms with Crippen molar-refractivity contribution in [2.75, 3.05) is 0 Å². The standard InChI is InChI=1S/C11H9F2N3O2/c1-2-6(5-14)11(15)8-3-7(12)4-9(10(8)13)16(17)18/h3-4H,2,15H2,1H3/b11-6-. The number of halogens is 2. The molecule has 0 atom stereocenters. The van der Waals surface area contributed by atoms with E-state index in [2.05, 4.69) is 0 Å². The largest absolute Gasteiger partial charge is 0.397 e. The summed E-state index contributed by atoms with van der Waals surface area (Å²) < 4.78 is 26.9. The number of hydrogen-bond acceptors (Lipinski definition) is 4. The molecule has 2 N–H and O–H groups in total. The van der Waals surface area contributed by atoms with Crippen LogP contribution in [0.4, 0.5) is 14.5 Å². The quantitative estimate of drug-likeness (QED) is 0.508. The van der Waals surface area contributed by atoms with Gasteiger partial charge in [-0.05, 0) is 12.5 Å². The fourth-order valence-corrected chi connectivity index (χ4v) is 1.40. The lowest BCUT2D eigenvalue weighted by Gasteiger charge is -2.06. The second-order valence-electron chi connectivity index (χ2n) is 3.40. The number of nitro benzene ring substituents is 1. The third kappa shape index (κ3) is 2.43. The number of nitrogens with two attached hydrogens (primary N) is 1. The first kappa shape index (κ1) is 13.6. The Labute approximate surface area is 101 Å². The summed E-state index contributed by atoms with van der Waals surface area (Å²) in [6, 6.07) is 2.93. The number of nitriles is 1. The Morgan fingerprint density at radius 3 is 2.61 bits per heavy atom. The number of nitrogens with zero attached hydrogens (tertiary/aromatic N) is 2.